The molecular formula is C19H21F3N6O2S. The number of fused-ring (bicyclic) bond motifs is 1. The number of aromatic nitrogens is 4. The van der Waals surface area contributed by atoms with E-state index in [2.05, 4.69) is 25.7 Å². The zero-order valence-corrected chi connectivity index (χ0v) is 17.5. The van der Waals surface area contributed by atoms with E-state index in [1.54, 1.807) is 29.1 Å². The Kier molecular flexibility index (Phi) is 5.50. The Labute approximate surface area is 176 Å². The Morgan fingerprint density at radius 1 is 1.23 bits per heavy atom. The maximum Gasteiger partial charge on any atom is 0.421 e. The van der Waals surface area contributed by atoms with E-state index < -0.39 is 21.6 Å². The quantitative estimate of drug-likeness (QED) is 0.538. The second-order valence-corrected chi connectivity index (χ2v) is 9.90. The molecule has 31 heavy (non-hydrogen) atoms. The van der Waals surface area contributed by atoms with Gasteiger partial charge in [-0.1, -0.05) is 6.07 Å². The Balaban J connectivity index is 1.61. The number of hydrogen-bond donors (Lipinski definition) is 2. The first-order valence-corrected chi connectivity index (χ1v) is 11.7. The molecule has 2 aromatic heterocycles. The number of nitrogens with one attached hydrogen (secondary N) is 2. The lowest BCUT2D eigenvalue weighted by molar-refractivity contribution is -0.137. The number of sulfone groups is 1. The number of hydrogen-bond acceptors (Lipinski definition) is 7. The molecule has 0 radical (unpaired) electrons. The van der Waals surface area contributed by atoms with Crippen LogP contribution in [0.25, 0.3) is 10.9 Å². The number of aryl methyl sites for hydroxylation is 1. The minimum Gasteiger partial charge on any atom is -0.369 e. The fraction of sp³-hybridized carbons (Fsp3) is 0.421. The summed E-state index contributed by atoms with van der Waals surface area (Å²) in [5, 5.41) is 10.7. The van der Waals surface area contributed by atoms with E-state index in [1.807, 2.05) is 0 Å². The fourth-order valence-corrected chi connectivity index (χ4v) is 3.62. The van der Waals surface area contributed by atoms with E-state index in [0.717, 1.165) is 25.3 Å². The SMILES string of the molecule is CS(=O)(=O)CCn1ncc2c(Nc3ncc(C(F)(F)F)c(NCC4CC4)n3)cccc21. The molecule has 1 saturated carbocycles. The maximum absolute atomic E-state index is 13.3. The van der Waals surface area contributed by atoms with Gasteiger partial charge in [0.15, 0.2) is 0 Å². The molecule has 0 unspecified atom stereocenters. The third-order valence-electron chi connectivity index (χ3n) is 4.96. The molecule has 3 aromatic rings. The van der Waals surface area contributed by atoms with Crippen LogP contribution in [0.5, 0.6) is 0 Å². The number of halogens is 3. The first kappa shape index (κ1) is 21.3. The summed E-state index contributed by atoms with van der Waals surface area (Å²) < 4.78 is 64.4. The summed E-state index contributed by atoms with van der Waals surface area (Å²) in [6, 6.07) is 5.24. The minimum atomic E-state index is -4.56. The Morgan fingerprint density at radius 2 is 2.00 bits per heavy atom. The van der Waals surface area contributed by atoms with Gasteiger partial charge in [-0.15, -0.1) is 0 Å². The van der Waals surface area contributed by atoms with Gasteiger partial charge in [0.05, 0.1) is 29.7 Å². The van der Waals surface area contributed by atoms with Crippen LogP contribution in [0.4, 0.5) is 30.6 Å². The van der Waals surface area contributed by atoms with Crippen molar-refractivity contribution in [3.05, 3.63) is 36.2 Å². The maximum atomic E-state index is 13.3. The molecule has 0 atom stereocenters. The molecule has 166 valence electrons. The van der Waals surface area contributed by atoms with E-state index in [9.17, 15) is 21.6 Å². The van der Waals surface area contributed by atoms with Crippen LogP contribution in [0.2, 0.25) is 0 Å². The average molecular weight is 454 g/mol. The molecule has 0 aliphatic heterocycles. The average Bonchev–Trinajstić information content (AvgIpc) is 3.42. The van der Waals surface area contributed by atoms with Crippen LogP contribution < -0.4 is 10.6 Å². The Morgan fingerprint density at radius 3 is 2.68 bits per heavy atom. The van der Waals surface area contributed by atoms with Crippen molar-refractivity contribution in [2.75, 3.05) is 29.2 Å². The van der Waals surface area contributed by atoms with Crippen molar-refractivity contribution < 1.29 is 21.6 Å². The Hall–Kier alpha value is -2.89. The number of rotatable bonds is 8. The molecule has 4 rings (SSSR count). The van der Waals surface area contributed by atoms with Crippen LogP contribution in [0.3, 0.4) is 0 Å². The monoisotopic (exact) mass is 454 g/mol. The summed E-state index contributed by atoms with van der Waals surface area (Å²) in [5.41, 5.74) is 0.328. The van der Waals surface area contributed by atoms with Gasteiger partial charge in [-0.25, -0.2) is 13.4 Å². The molecule has 2 N–H and O–H groups in total. The van der Waals surface area contributed by atoms with Crippen LogP contribution in [0.15, 0.2) is 30.6 Å². The van der Waals surface area contributed by atoms with Crippen molar-refractivity contribution in [2.24, 2.45) is 5.92 Å². The third-order valence-corrected chi connectivity index (χ3v) is 5.88. The van der Waals surface area contributed by atoms with Gasteiger partial charge in [0.2, 0.25) is 5.95 Å². The molecule has 0 amide bonds. The second-order valence-electron chi connectivity index (χ2n) is 7.64. The van der Waals surface area contributed by atoms with E-state index in [0.29, 0.717) is 29.1 Å². The van der Waals surface area contributed by atoms with Crippen LogP contribution >= 0.6 is 0 Å². The normalized spacial score (nSPS) is 14.7. The van der Waals surface area contributed by atoms with E-state index in [-0.39, 0.29) is 24.1 Å². The number of benzene rings is 1. The van der Waals surface area contributed by atoms with Gasteiger partial charge in [0.25, 0.3) is 0 Å². The Bertz CT molecular complexity index is 1210. The fourth-order valence-electron chi connectivity index (χ4n) is 3.11. The lowest BCUT2D eigenvalue weighted by Gasteiger charge is -2.15. The van der Waals surface area contributed by atoms with Crippen LogP contribution in [-0.4, -0.2) is 46.7 Å². The summed E-state index contributed by atoms with van der Waals surface area (Å²) in [4.78, 5) is 7.89. The largest absolute Gasteiger partial charge is 0.421 e. The molecule has 1 aliphatic rings. The van der Waals surface area contributed by atoms with Crippen molar-refractivity contribution in [3.8, 4) is 0 Å². The molecular weight excluding hydrogens is 433 g/mol. The molecule has 1 fully saturated rings. The van der Waals surface area contributed by atoms with E-state index >= 15 is 0 Å². The van der Waals surface area contributed by atoms with Gasteiger partial charge in [0.1, 0.15) is 21.2 Å². The molecule has 12 heteroatoms. The molecule has 0 saturated heterocycles. The van der Waals surface area contributed by atoms with Gasteiger partial charge in [-0.05, 0) is 30.9 Å². The lowest BCUT2D eigenvalue weighted by atomic mass is 10.2. The summed E-state index contributed by atoms with van der Waals surface area (Å²) in [5.74, 6) is 0.0778. The van der Waals surface area contributed by atoms with Crippen molar-refractivity contribution in [3.63, 3.8) is 0 Å². The third kappa shape index (κ3) is 5.24. The molecule has 8 nitrogen and oxygen atoms in total. The van der Waals surface area contributed by atoms with Gasteiger partial charge >= 0.3 is 6.18 Å². The predicted molar refractivity (Wildman–Crippen MR) is 111 cm³/mol. The molecule has 2 heterocycles. The van der Waals surface area contributed by atoms with Gasteiger partial charge in [0, 0.05) is 24.4 Å². The highest BCUT2D eigenvalue weighted by molar-refractivity contribution is 7.90. The van der Waals surface area contributed by atoms with Crippen LogP contribution in [0, 0.1) is 5.92 Å². The number of anilines is 3. The summed E-state index contributed by atoms with van der Waals surface area (Å²) in [6.07, 6.45) is 0.913. The minimum absolute atomic E-state index is 0.0164. The summed E-state index contributed by atoms with van der Waals surface area (Å²) >= 11 is 0. The van der Waals surface area contributed by atoms with Crippen LogP contribution in [-0.2, 0) is 22.6 Å². The van der Waals surface area contributed by atoms with Crippen LogP contribution in [0.1, 0.15) is 18.4 Å². The first-order chi connectivity index (χ1) is 14.6. The van der Waals surface area contributed by atoms with Gasteiger partial charge in [-0.3, -0.25) is 4.68 Å². The molecule has 0 spiro atoms. The molecule has 0 bridgehead atoms. The highest BCUT2D eigenvalue weighted by Crippen LogP contribution is 2.36. The summed E-state index contributed by atoms with van der Waals surface area (Å²) in [6.45, 7) is 0.625. The highest BCUT2D eigenvalue weighted by Gasteiger charge is 2.35. The highest BCUT2D eigenvalue weighted by atomic mass is 32.2. The zero-order valence-electron chi connectivity index (χ0n) is 16.6. The zero-order chi connectivity index (χ0) is 22.2. The number of nitrogens with zero attached hydrogens (tertiary/aromatic N) is 4. The van der Waals surface area contributed by atoms with E-state index in [4.69, 9.17) is 0 Å². The lowest BCUT2D eigenvalue weighted by Crippen LogP contribution is -2.15. The van der Waals surface area contributed by atoms with Gasteiger partial charge < -0.3 is 10.6 Å². The second kappa shape index (κ2) is 7.98. The smallest absolute Gasteiger partial charge is 0.369 e. The van der Waals surface area contributed by atoms with Crippen molar-refractivity contribution in [1.82, 2.24) is 19.7 Å². The number of alkyl halides is 3. The molecule has 1 aliphatic carbocycles. The summed E-state index contributed by atoms with van der Waals surface area (Å²) in [7, 11) is -3.15. The first-order valence-electron chi connectivity index (χ1n) is 9.67. The standard InChI is InChI=1S/C19H21F3N6O2S/c1-31(29,30)8-7-28-16-4-2-3-15(13(16)10-25-28)26-18-24-11-14(19(20,21)22)17(27-18)23-9-12-5-6-12/h2-4,10-12H,5-9H2,1H3,(H2,23,24,26,27). The van der Waals surface area contributed by atoms with Crippen molar-refractivity contribution in [2.45, 2.75) is 25.6 Å². The van der Waals surface area contributed by atoms with Gasteiger partial charge in [-0.2, -0.15) is 23.3 Å². The predicted octanol–water partition coefficient (Wildman–Crippen LogP) is 3.46. The van der Waals surface area contributed by atoms with Crippen molar-refractivity contribution >= 4 is 38.2 Å². The topological polar surface area (TPSA) is 102 Å². The van der Waals surface area contributed by atoms with Crippen molar-refractivity contribution in [1.29, 1.82) is 0 Å². The molecule has 1 aromatic carbocycles. The van der Waals surface area contributed by atoms with E-state index in [1.165, 1.54) is 0 Å².